The molecular weight excluding hydrogens is 408 g/mol. The van der Waals surface area contributed by atoms with Gasteiger partial charge in [-0.1, -0.05) is 42.5 Å². The van der Waals surface area contributed by atoms with Crippen LogP contribution in [0.3, 0.4) is 0 Å². The summed E-state index contributed by atoms with van der Waals surface area (Å²) in [5, 5.41) is 6.92. The van der Waals surface area contributed by atoms with Crippen LogP contribution in [0.2, 0.25) is 0 Å². The van der Waals surface area contributed by atoms with Crippen LogP contribution in [0.15, 0.2) is 89.1 Å². The molecule has 0 bridgehead atoms. The molecule has 1 amide bonds. The summed E-state index contributed by atoms with van der Waals surface area (Å²) in [5.74, 6) is -0.422. The topological polar surface area (TPSA) is 104 Å². The van der Waals surface area contributed by atoms with E-state index in [-0.39, 0.29) is 12.6 Å². The Labute approximate surface area is 183 Å². The maximum atomic E-state index is 12.8. The van der Waals surface area contributed by atoms with E-state index in [0.717, 1.165) is 21.4 Å². The SMILES string of the molecule is C[C@H](NC(=O)Cn1c(=O)ccn(Cc2ccccc2)c1=O)c1ccc(-n2cncn2)cc1. The minimum absolute atomic E-state index is 0.307. The van der Waals surface area contributed by atoms with Crippen LogP contribution < -0.4 is 16.6 Å². The molecule has 4 rings (SSSR count). The molecule has 0 aliphatic rings. The summed E-state index contributed by atoms with van der Waals surface area (Å²) in [6.45, 7) is 1.80. The average molecular weight is 430 g/mol. The van der Waals surface area contributed by atoms with Crippen LogP contribution in [0.25, 0.3) is 5.69 Å². The van der Waals surface area contributed by atoms with Crippen LogP contribution in [-0.4, -0.2) is 29.8 Å². The van der Waals surface area contributed by atoms with E-state index < -0.39 is 17.2 Å². The number of hydrogen-bond donors (Lipinski definition) is 1. The highest BCUT2D eigenvalue weighted by Gasteiger charge is 2.14. The molecule has 9 nitrogen and oxygen atoms in total. The van der Waals surface area contributed by atoms with Crippen LogP contribution in [0, 0.1) is 0 Å². The number of carbonyl (C=O) groups is 1. The van der Waals surface area contributed by atoms with Crippen molar-refractivity contribution in [1.29, 1.82) is 0 Å². The lowest BCUT2D eigenvalue weighted by molar-refractivity contribution is -0.122. The minimum atomic E-state index is -0.527. The molecule has 162 valence electrons. The molecule has 0 saturated carbocycles. The molecule has 0 unspecified atom stereocenters. The first-order valence-corrected chi connectivity index (χ1v) is 10.1. The van der Waals surface area contributed by atoms with Gasteiger partial charge in [0.2, 0.25) is 5.91 Å². The van der Waals surface area contributed by atoms with Gasteiger partial charge in [-0.3, -0.25) is 18.7 Å². The summed E-state index contributed by atoms with van der Waals surface area (Å²) in [7, 11) is 0. The zero-order chi connectivity index (χ0) is 22.5. The quantitative estimate of drug-likeness (QED) is 0.479. The smallest absolute Gasteiger partial charge is 0.331 e. The van der Waals surface area contributed by atoms with E-state index in [4.69, 9.17) is 0 Å². The summed E-state index contributed by atoms with van der Waals surface area (Å²) in [6.07, 6.45) is 4.50. The molecule has 0 aliphatic heterocycles. The van der Waals surface area contributed by atoms with Gasteiger partial charge in [-0.25, -0.2) is 14.5 Å². The lowest BCUT2D eigenvalue weighted by Gasteiger charge is -2.16. The molecule has 2 aromatic heterocycles. The number of aromatic nitrogens is 5. The molecule has 2 aromatic carbocycles. The van der Waals surface area contributed by atoms with Crippen LogP contribution in [0.5, 0.6) is 0 Å². The Morgan fingerprint density at radius 2 is 1.78 bits per heavy atom. The number of amides is 1. The molecule has 1 N–H and O–H groups in total. The molecular formula is C23H22N6O3. The highest BCUT2D eigenvalue weighted by atomic mass is 16.2. The Hall–Kier alpha value is -4.27. The summed E-state index contributed by atoms with van der Waals surface area (Å²) >= 11 is 0. The monoisotopic (exact) mass is 430 g/mol. The molecule has 9 heteroatoms. The van der Waals surface area contributed by atoms with Gasteiger partial charge in [0.05, 0.1) is 18.3 Å². The van der Waals surface area contributed by atoms with Crippen molar-refractivity contribution in [1.82, 2.24) is 29.2 Å². The Morgan fingerprint density at radius 3 is 2.47 bits per heavy atom. The molecule has 32 heavy (non-hydrogen) atoms. The summed E-state index contributed by atoms with van der Waals surface area (Å²) < 4.78 is 3.99. The fourth-order valence-corrected chi connectivity index (χ4v) is 3.37. The second-order valence-corrected chi connectivity index (χ2v) is 7.36. The van der Waals surface area contributed by atoms with E-state index in [1.165, 1.54) is 23.2 Å². The standard InChI is InChI=1S/C23H22N6O3/c1-17(19-7-9-20(10-8-19)29-16-24-15-25-29)26-21(30)14-28-22(31)11-12-27(23(28)32)13-18-5-3-2-4-6-18/h2-12,15-17H,13-14H2,1H3,(H,26,30)/t17-/m0/s1. The summed E-state index contributed by atoms with van der Waals surface area (Å²) in [5.41, 5.74) is 1.61. The Morgan fingerprint density at radius 1 is 1.03 bits per heavy atom. The summed E-state index contributed by atoms with van der Waals surface area (Å²) in [4.78, 5) is 41.5. The van der Waals surface area contributed by atoms with Gasteiger partial charge in [0.25, 0.3) is 5.56 Å². The molecule has 1 atom stereocenters. The zero-order valence-corrected chi connectivity index (χ0v) is 17.5. The van der Waals surface area contributed by atoms with Crippen LogP contribution >= 0.6 is 0 Å². The van der Waals surface area contributed by atoms with E-state index in [2.05, 4.69) is 15.4 Å². The van der Waals surface area contributed by atoms with Crippen molar-refractivity contribution in [2.24, 2.45) is 0 Å². The predicted octanol–water partition coefficient (Wildman–Crippen LogP) is 1.52. The zero-order valence-electron chi connectivity index (χ0n) is 17.5. The lowest BCUT2D eigenvalue weighted by atomic mass is 10.1. The fourth-order valence-electron chi connectivity index (χ4n) is 3.37. The Kier molecular flexibility index (Phi) is 6.07. The molecule has 0 saturated heterocycles. The third-order valence-electron chi connectivity index (χ3n) is 5.09. The molecule has 0 spiro atoms. The van der Waals surface area contributed by atoms with Crippen molar-refractivity contribution < 1.29 is 4.79 Å². The van der Waals surface area contributed by atoms with Crippen LogP contribution in [0.4, 0.5) is 0 Å². The third kappa shape index (κ3) is 4.72. The van der Waals surface area contributed by atoms with Crippen molar-refractivity contribution in [2.45, 2.75) is 26.1 Å². The fraction of sp³-hybridized carbons (Fsp3) is 0.174. The van der Waals surface area contributed by atoms with E-state index in [0.29, 0.717) is 6.54 Å². The van der Waals surface area contributed by atoms with E-state index in [9.17, 15) is 14.4 Å². The largest absolute Gasteiger partial charge is 0.348 e. The first-order valence-electron chi connectivity index (χ1n) is 10.1. The van der Waals surface area contributed by atoms with Crippen molar-refractivity contribution in [3.63, 3.8) is 0 Å². The maximum Gasteiger partial charge on any atom is 0.331 e. The summed E-state index contributed by atoms with van der Waals surface area (Å²) in [6, 6.07) is 17.9. The van der Waals surface area contributed by atoms with Crippen molar-refractivity contribution in [3.05, 3.63) is 111 Å². The molecule has 0 radical (unpaired) electrons. The van der Waals surface area contributed by atoms with Crippen LogP contribution in [0.1, 0.15) is 24.1 Å². The number of nitrogens with zero attached hydrogens (tertiary/aromatic N) is 5. The second-order valence-electron chi connectivity index (χ2n) is 7.36. The Bertz CT molecular complexity index is 1310. The van der Waals surface area contributed by atoms with Crippen LogP contribution in [-0.2, 0) is 17.9 Å². The number of benzene rings is 2. The highest BCUT2D eigenvalue weighted by molar-refractivity contribution is 5.76. The number of hydrogen-bond acceptors (Lipinski definition) is 5. The van der Waals surface area contributed by atoms with Gasteiger partial charge >= 0.3 is 5.69 Å². The van der Waals surface area contributed by atoms with E-state index >= 15 is 0 Å². The van der Waals surface area contributed by atoms with Gasteiger partial charge in [-0.2, -0.15) is 5.10 Å². The van der Waals surface area contributed by atoms with Gasteiger partial charge in [0.1, 0.15) is 19.2 Å². The average Bonchev–Trinajstić information content (AvgIpc) is 3.34. The maximum absolute atomic E-state index is 12.8. The van der Waals surface area contributed by atoms with Gasteiger partial charge in [-0.05, 0) is 30.2 Å². The third-order valence-corrected chi connectivity index (χ3v) is 5.09. The normalized spacial score (nSPS) is 11.8. The van der Waals surface area contributed by atoms with Gasteiger partial charge in [0.15, 0.2) is 0 Å². The van der Waals surface area contributed by atoms with Crippen molar-refractivity contribution in [2.75, 3.05) is 0 Å². The molecule has 0 fully saturated rings. The minimum Gasteiger partial charge on any atom is -0.348 e. The number of nitrogens with one attached hydrogen (secondary N) is 1. The lowest BCUT2D eigenvalue weighted by Crippen LogP contribution is -2.43. The number of carbonyl (C=O) groups excluding carboxylic acids is 1. The van der Waals surface area contributed by atoms with E-state index in [1.54, 1.807) is 11.0 Å². The molecule has 0 aliphatic carbocycles. The number of rotatable bonds is 7. The van der Waals surface area contributed by atoms with Crippen molar-refractivity contribution >= 4 is 5.91 Å². The molecule has 4 aromatic rings. The predicted molar refractivity (Wildman–Crippen MR) is 118 cm³/mol. The second kappa shape index (κ2) is 9.25. The van der Waals surface area contributed by atoms with Gasteiger partial charge in [-0.15, -0.1) is 0 Å². The highest BCUT2D eigenvalue weighted by Crippen LogP contribution is 2.15. The van der Waals surface area contributed by atoms with Crippen molar-refractivity contribution in [3.8, 4) is 5.69 Å². The van der Waals surface area contributed by atoms with E-state index in [1.807, 2.05) is 61.5 Å². The van der Waals surface area contributed by atoms with Gasteiger partial charge in [0, 0.05) is 12.3 Å². The van der Waals surface area contributed by atoms with Gasteiger partial charge < -0.3 is 5.32 Å². The Balaban J connectivity index is 1.45. The first kappa shape index (κ1) is 21.0. The first-order chi connectivity index (χ1) is 15.5. The molecule has 2 heterocycles.